The summed E-state index contributed by atoms with van der Waals surface area (Å²) in [5.41, 5.74) is 3.03. The number of benzene rings is 1. The highest BCUT2D eigenvalue weighted by Gasteiger charge is 2.24. The molecule has 1 aliphatic heterocycles. The molecule has 0 spiro atoms. The minimum absolute atomic E-state index is 0.724. The molecule has 0 radical (unpaired) electrons. The van der Waals surface area contributed by atoms with Crippen molar-refractivity contribution in [3.8, 4) is 0 Å². The zero-order valence-corrected chi connectivity index (χ0v) is 12.1. The summed E-state index contributed by atoms with van der Waals surface area (Å²) in [5.74, 6) is 0.876. The van der Waals surface area contributed by atoms with Gasteiger partial charge in [0.25, 0.3) is 0 Å². The molecule has 1 unspecified atom stereocenters. The SMILES string of the molecule is CNCC1CCCCN1Cc1ccc(C2CC2)cc1. The van der Waals surface area contributed by atoms with Crippen LogP contribution in [0.1, 0.15) is 49.1 Å². The summed E-state index contributed by atoms with van der Waals surface area (Å²) in [5, 5.41) is 3.34. The van der Waals surface area contributed by atoms with Crippen molar-refractivity contribution in [2.45, 2.75) is 50.6 Å². The van der Waals surface area contributed by atoms with Crippen molar-refractivity contribution in [3.63, 3.8) is 0 Å². The van der Waals surface area contributed by atoms with Gasteiger partial charge in [-0.1, -0.05) is 30.7 Å². The summed E-state index contributed by atoms with van der Waals surface area (Å²) in [6.45, 7) is 3.51. The minimum Gasteiger partial charge on any atom is -0.318 e. The number of likely N-dealkylation sites (tertiary alicyclic amines) is 1. The number of hydrogen-bond acceptors (Lipinski definition) is 2. The number of nitrogens with one attached hydrogen (secondary N) is 1. The molecule has 0 bridgehead atoms. The van der Waals surface area contributed by atoms with E-state index in [4.69, 9.17) is 0 Å². The van der Waals surface area contributed by atoms with E-state index in [1.807, 2.05) is 0 Å². The molecule has 1 N–H and O–H groups in total. The highest BCUT2D eigenvalue weighted by Crippen LogP contribution is 2.39. The van der Waals surface area contributed by atoms with Crippen molar-refractivity contribution in [1.29, 1.82) is 0 Å². The van der Waals surface area contributed by atoms with Crippen molar-refractivity contribution in [1.82, 2.24) is 10.2 Å². The van der Waals surface area contributed by atoms with Crippen LogP contribution in [-0.2, 0) is 6.54 Å². The van der Waals surface area contributed by atoms with Gasteiger partial charge in [0, 0.05) is 19.1 Å². The average molecular weight is 258 g/mol. The van der Waals surface area contributed by atoms with E-state index in [1.165, 1.54) is 44.2 Å². The third-order valence-corrected chi connectivity index (χ3v) is 4.60. The van der Waals surface area contributed by atoms with Crippen LogP contribution < -0.4 is 5.32 Å². The van der Waals surface area contributed by atoms with Crippen molar-refractivity contribution in [3.05, 3.63) is 35.4 Å². The zero-order chi connectivity index (χ0) is 13.1. The van der Waals surface area contributed by atoms with Gasteiger partial charge in [0.1, 0.15) is 0 Å². The number of rotatable bonds is 5. The quantitative estimate of drug-likeness (QED) is 0.873. The van der Waals surface area contributed by atoms with Gasteiger partial charge in [-0.25, -0.2) is 0 Å². The third kappa shape index (κ3) is 3.37. The summed E-state index contributed by atoms with van der Waals surface area (Å²) >= 11 is 0. The monoisotopic (exact) mass is 258 g/mol. The fraction of sp³-hybridized carbons (Fsp3) is 0.647. The van der Waals surface area contributed by atoms with Crippen LogP contribution in [0.2, 0.25) is 0 Å². The summed E-state index contributed by atoms with van der Waals surface area (Å²) < 4.78 is 0. The van der Waals surface area contributed by atoms with E-state index in [-0.39, 0.29) is 0 Å². The Morgan fingerprint density at radius 2 is 1.89 bits per heavy atom. The molecule has 2 heteroatoms. The number of piperidine rings is 1. The standard InChI is InChI=1S/C17H26N2/c1-18-12-17-4-2-3-11-19(17)13-14-5-7-15(8-6-14)16-9-10-16/h5-8,16-18H,2-4,9-13H2,1H3. The van der Waals surface area contributed by atoms with E-state index in [2.05, 4.69) is 41.5 Å². The number of nitrogens with zero attached hydrogens (tertiary/aromatic N) is 1. The lowest BCUT2D eigenvalue weighted by Gasteiger charge is -2.35. The molecule has 0 aromatic heterocycles. The van der Waals surface area contributed by atoms with Gasteiger partial charge in [-0.2, -0.15) is 0 Å². The van der Waals surface area contributed by atoms with Crippen LogP contribution in [-0.4, -0.2) is 31.1 Å². The smallest absolute Gasteiger partial charge is 0.0237 e. The van der Waals surface area contributed by atoms with Crippen LogP contribution in [0.5, 0.6) is 0 Å². The molecule has 1 saturated carbocycles. The molecule has 2 nitrogen and oxygen atoms in total. The minimum atomic E-state index is 0.724. The first kappa shape index (κ1) is 13.1. The van der Waals surface area contributed by atoms with E-state index in [9.17, 15) is 0 Å². The Morgan fingerprint density at radius 3 is 2.58 bits per heavy atom. The lowest BCUT2D eigenvalue weighted by molar-refractivity contribution is 0.139. The van der Waals surface area contributed by atoms with Gasteiger partial charge in [-0.15, -0.1) is 0 Å². The van der Waals surface area contributed by atoms with E-state index in [1.54, 1.807) is 5.56 Å². The van der Waals surface area contributed by atoms with Crippen molar-refractivity contribution >= 4 is 0 Å². The first-order chi connectivity index (χ1) is 9.36. The Balaban J connectivity index is 1.61. The van der Waals surface area contributed by atoms with Crippen molar-refractivity contribution in [2.24, 2.45) is 0 Å². The maximum atomic E-state index is 3.34. The average Bonchev–Trinajstić information content (AvgIpc) is 3.27. The number of hydrogen-bond donors (Lipinski definition) is 1. The molecular formula is C17H26N2. The van der Waals surface area contributed by atoms with E-state index >= 15 is 0 Å². The molecule has 0 amide bonds. The van der Waals surface area contributed by atoms with Crippen LogP contribution in [0.3, 0.4) is 0 Å². The first-order valence-electron chi connectivity index (χ1n) is 7.84. The molecule has 2 aliphatic rings. The highest BCUT2D eigenvalue weighted by molar-refractivity contribution is 5.28. The molecule has 19 heavy (non-hydrogen) atoms. The molecule has 1 heterocycles. The summed E-state index contributed by atoms with van der Waals surface area (Å²) in [4.78, 5) is 2.66. The van der Waals surface area contributed by atoms with Gasteiger partial charge in [-0.05, 0) is 56.3 Å². The molecule has 3 rings (SSSR count). The van der Waals surface area contributed by atoms with Gasteiger partial charge < -0.3 is 5.32 Å². The van der Waals surface area contributed by atoms with Gasteiger partial charge in [0.2, 0.25) is 0 Å². The van der Waals surface area contributed by atoms with E-state index in [0.717, 1.165) is 25.0 Å². The maximum Gasteiger partial charge on any atom is 0.0237 e. The van der Waals surface area contributed by atoms with Crippen LogP contribution in [0.25, 0.3) is 0 Å². The fourth-order valence-corrected chi connectivity index (χ4v) is 3.28. The maximum absolute atomic E-state index is 3.34. The molecule has 1 aromatic carbocycles. The molecular weight excluding hydrogens is 232 g/mol. The lowest BCUT2D eigenvalue weighted by atomic mass is 10.0. The summed E-state index contributed by atoms with van der Waals surface area (Å²) in [6.07, 6.45) is 6.90. The van der Waals surface area contributed by atoms with Crippen LogP contribution in [0.4, 0.5) is 0 Å². The second-order valence-electron chi connectivity index (χ2n) is 6.19. The van der Waals surface area contributed by atoms with Crippen molar-refractivity contribution < 1.29 is 0 Å². The van der Waals surface area contributed by atoms with Crippen LogP contribution in [0, 0.1) is 0 Å². The Bertz CT molecular complexity index is 392. The van der Waals surface area contributed by atoms with Crippen molar-refractivity contribution in [2.75, 3.05) is 20.1 Å². The Labute approximate surface area is 117 Å². The first-order valence-corrected chi connectivity index (χ1v) is 7.84. The third-order valence-electron chi connectivity index (χ3n) is 4.60. The predicted octanol–water partition coefficient (Wildman–Crippen LogP) is 3.14. The van der Waals surface area contributed by atoms with Crippen LogP contribution >= 0.6 is 0 Å². The van der Waals surface area contributed by atoms with Gasteiger partial charge in [-0.3, -0.25) is 4.90 Å². The largest absolute Gasteiger partial charge is 0.318 e. The second kappa shape index (κ2) is 6.06. The summed E-state index contributed by atoms with van der Waals surface area (Å²) in [7, 11) is 2.07. The van der Waals surface area contributed by atoms with E-state index < -0.39 is 0 Å². The zero-order valence-electron chi connectivity index (χ0n) is 12.1. The second-order valence-corrected chi connectivity index (χ2v) is 6.19. The van der Waals surface area contributed by atoms with Gasteiger partial charge in [0.15, 0.2) is 0 Å². The Kier molecular flexibility index (Phi) is 4.19. The topological polar surface area (TPSA) is 15.3 Å². The molecule has 1 saturated heterocycles. The molecule has 1 aliphatic carbocycles. The molecule has 2 fully saturated rings. The Morgan fingerprint density at radius 1 is 1.11 bits per heavy atom. The van der Waals surface area contributed by atoms with E-state index in [0.29, 0.717) is 0 Å². The Hall–Kier alpha value is -0.860. The summed E-state index contributed by atoms with van der Waals surface area (Å²) in [6, 6.07) is 10.1. The number of likely N-dealkylation sites (N-methyl/N-ethyl adjacent to an activating group) is 1. The predicted molar refractivity (Wildman–Crippen MR) is 80.4 cm³/mol. The molecule has 104 valence electrons. The molecule has 1 atom stereocenters. The fourth-order valence-electron chi connectivity index (χ4n) is 3.28. The lowest BCUT2D eigenvalue weighted by Crippen LogP contribution is -2.44. The van der Waals surface area contributed by atoms with Crippen LogP contribution in [0.15, 0.2) is 24.3 Å². The van der Waals surface area contributed by atoms with Gasteiger partial charge >= 0.3 is 0 Å². The normalized spacial score (nSPS) is 24.6. The van der Waals surface area contributed by atoms with Gasteiger partial charge in [0.05, 0.1) is 0 Å². The molecule has 1 aromatic rings. The highest BCUT2D eigenvalue weighted by atomic mass is 15.2.